The van der Waals surface area contributed by atoms with Crippen LogP contribution in [0.4, 0.5) is 8.78 Å². The van der Waals surface area contributed by atoms with Crippen LogP contribution in [-0.4, -0.2) is 29.8 Å². The molecule has 0 amide bonds. The molecule has 1 N–H and O–H groups in total. The number of nitrogens with one attached hydrogen (secondary N) is 1. The SMILES string of the molecule is Cc1nnc([C@H](NS(=O)(=O)c2ccc(OC(F)F)c(Cl)c2)c2ccccc2)n1C. The number of hydrogen-bond donors (Lipinski definition) is 1. The molecule has 7 nitrogen and oxygen atoms in total. The molecule has 0 bridgehead atoms. The maximum absolute atomic E-state index is 13.0. The molecule has 3 aromatic rings. The lowest BCUT2D eigenvalue weighted by Gasteiger charge is -2.19. The van der Waals surface area contributed by atoms with E-state index in [-0.39, 0.29) is 15.7 Å². The van der Waals surface area contributed by atoms with E-state index in [1.54, 1.807) is 48.9 Å². The minimum Gasteiger partial charge on any atom is -0.433 e. The molecule has 0 spiro atoms. The highest BCUT2D eigenvalue weighted by molar-refractivity contribution is 7.89. The molecule has 3 rings (SSSR count). The molecule has 154 valence electrons. The summed E-state index contributed by atoms with van der Waals surface area (Å²) >= 11 is 5.90. The summed E-state index contributed by atoms with van der Waals surface area (Å²) in [5.74, 6) is 0.682. The molecule has 0 aliphatic carbocycles. The van der Waals surface area contributed by atoms with E-state index in [0.29, 0.717) is 17.2 Å². The van der Waals surface area contributed by atoms with Crippen LogP contribution in [0.15, 0.2) is 53.4 Å². The molecule has 0 saturated heterocycles. The fourth-order valence-corrected chi connectivity index (χ4v) is 4.15. The van der Waals surface area contributed by atoms with E-state index in [1.165, 1.54) is 0 Å². The van der Waals surface area contributed by atoms with Crippen molar-refractivity contribution in [3.05, 3.63) is 70.8 Å². The summed E-state index contributed by atoms with van der Waals surface area (Å²) in [5.41, 5.74) is 0.648. The Morgan fingerprint density at radius 1 is 1.14 bits per heavy atom. The van der Waals surface area contributed by atoms with E-state index in [9.17, 15) is 17.2 Å². The molecule has 1 heterocycles. The van der Waals surface area contributed by atoms with Crippen LogP contribution in [0.5, 0.6) is 5.75 Å². The van der Waals surface area contributed by atoms with Crippen molar-refractivity contribution in [3.63, 3.8) is 0 Å². The highest BCUT2D eigenvalue weighted by atomic mass is 35.5. The maximum Gasteiger partial charge on any atom is 0.387 e. The van der Waals surface area contributed by atoms with Gasteiger partial charge < -0.3 is 9.30 Å². The van der Waals surface area contributed by atoms with Crippen LogP contribution in [0.1, 0.15) is 23.3 Å². The predicted molar refractivity (Wildman–Crippen MR) is 102 cm³/mol. The van der Waals surface area contributed by atoms with Gasteiger partial charge in [-0.2, -0.15) is 13.5 Å². The van der Waals surface area contributed by atoms with Gasteiger partial charge in [0, 0.05) is 7.05 Å². The van der Waals surface area contributed by atoms with Gasteiger partial charge in [0.25, 0.3) is 0 Å². The van der Waals surface area contributed by atoms with Crippen LogP contribution in [0.2, 0.25) is 5.02 Å². The largest absolute Gasteiger partial charge is 0.433 e. The monoisotopic (exact) mass is 442 g/mol. The second-order valence-electron chi connectivity index (χ2n) is 6.10. The number of aromatic nitrogens is 3. The number of halogens is 3. The first-order valence-corrected chi connectivity index (χ1v) is 10.2. The minimum atomic E-state index is -4.09. The van der Waals surface area contributed by atoms with E-state index in [0.717, 1.165) is 18.2 Å². The molecule has 1 atom stereocenters. The average Bonchev–Trinajstić information content (AvgIpc) is 3.00. The van der Waals surface area contributed by atoms with Gasteiger partial charge in [-0.1, -0.05) is 41.9 Å². The summed E-state index contributed by atoms with van der Waals surface area (Å²) in [6.07, 6.45) is 0. The van der Waals surface area contributed by atoms with E-state index < -0.39 is 22.7 Å². The Morgan fingerprint density at radius 3 is 2.38 bits per heavy atom. The molecule has 0 aliphatic heterocycles. The highest BCUT2D eigenvalue weighted by Crippen LogP contribution is 2.30. The predicted octanol–water partition coefficient (Wildman–Crippen LogP) is 3.45. The number of sulfonamides is 1. The molecule has 0 radical (unpaired) electrons. The molecule has 1 aromatic heterocycles. The molecule has 29 heavy (non-hydrogen) atoms. The zero-order valence-corrected chi connectivity index (χ0v) is 17.0. The lowest BCUT2D eigenvalue weighted by atomic mass is 10.1. The number of hydrogen-bond acceptors (Lipinski definition) is 5. The first-order chi connectivity index (χ1) is 13.7. The first kappa shape index (κ1) is 21.2. The van der Waals surface area contributed by atoms with Crippen molar-refractivity contribution >= 4 is 21.6 Å². The Balaban J connectivity index is 1.99. The normalized spacial score (nSPS) is 12.9. The molecule has 0 unspecified atom stereocenters. The van der Waals surface area contributed by atoms with Gasteiger partial charge in [-0.3, -0.25) is 0 Å². The van der Waals surface area contributed by atoms with Crippen molar-refractivity contribution in [2.45, 2.75) is 24.5 Å². The summed E-state index contributed by atoms with van der Waals surface area (Å²) in [7, 11) is -2.37. The number of nitrogens with zero attached hydrogens (tertiary/aromatic N) is 3. The molecule has 11 heteroatoms. The van der Waals surface area contributed by atoms with E-state index >= 15 is 0 Å². The van der Waals surface area contributed by atoms with Crippen molar-refractivity contribution in [3.8, 4) is 5.75 Å². The fourth-order valence-electron chi connectivity index (χ4n) is 2.65. The first-order valence-electron chi connectivity index (χ1n) is 8.36. The van der Waals surface area contributed by atoms with Crippen molar-refractivity contribution in [1.82, 2.24) is 19.5 Å². The Morgan fingerprint density at radius 2 is 1.83 bits per heavy atom. The van der Waals surface area contributed by atoms with Gasteiger partial charge in [0.05, 0.1) is 9.92 Å². The van der Waals surface area contributed by atoms with Crippen molar-refractivity contribution in [1.29, 1.82) is 0 Å². The van der Waals surface area contributed by atoms with E-state index in [2.05, 4.69) is 19.7 Å². The zero-order valence-electron chi connectivity index (χ0n) is 15.4. The van der Waals surface area contributed by atoms with Crippen LogP contribution in [-0.2, 0) is 17.1 Å². The van der Waals surface area contributed by atoms with Crippen LogP contribution >= 0.6 is 11.6 Å². The molecule has 0 fully saturated rings. The second-order valence-corrected chi connectivity index (χ2v) is 8.22. The van der Waals surface area contributed by atoms with Gasteiger partial charge in [-0.15, -0.1) is 10.2 Å². The second kappa shape index (κ2) is 8.44. The third kappa shape index (κ3) is 4.72. The van der Waals surface area contributed by atoms with Gasteiger partial charge in [0.15, 0.2) is 5.82 Å². The van der Waals surface area contributed by atoms with Gasteiger partial charge >= 0.3 is 6.61 Å². The van der Waals surface area contributed by atoms with Crippen molar-refractivity contribution in [2.24, 2.45) is 7.05 Å². The summed E-state index contributed by atoms with van der Waals surface area (Å²) in [6.45, 7) is -1.33. The smallest absolute Gasteiger partial charge is 0.387 e. The number of benzene rings is 2. The van der Waals surface area contributed by atoms with Crippen LogP contribution < -0.4 is 9.46 Å². The number of alkyl halides is 2. The summed E-state index contributed by atoms with van der Waals surface area (Å²) in [6, 6.07) is 11.3. The minimum absolute atomic E-state index is 0.205. The van der Waals surface area contributed by atoms with Gasteiger partial charge in [-0.05, 0) is 30.7 Å². The van der Waals surface area contributed by atoms with E-state index in [1.807, 2.05) is 0 Å². The number of rotatable bonds is 7. The molecule has 0 saturated carbocycles. The topological polar surface area (TPSA) is 86.1 Å². The maximum atomic E-state index is 13.0. The molecule has 2 aromatic carbocycles. The van der Waals surface area contributed by atoms with Gasteiger partial charge in [-0.25, -0.2) is 8.42 Å². The van der Waals surface area contributed by atoms with Crippen LogP contribution in [0.25, 0.3) is 0 Å². The fraction of sp³-hybridized carbons (Fsp3) is 0.222. The lowest BCUT2D eigenvalue weighted by Crippen LogP contribution is -2.31. The molecular formula is C18H17ClF2N4O3S. The van der Waals surface area contributed by atoms with Crippen LogP contribution in [0, 0.1) is 6.92 Å². The zero-order chi connectivity index (χ0) is 21.2. The van der Waals surface area contributed by atoms with Gasteiger partial charge in [0.2, 0.25) is 10.0 Å². The lowest BCUT2D eigenvalue weighted by molar-refractivity contribution is -0.0498. The Labute approximate surface area is 171 Å². The molecular weight excluding hydrogens is 426 g/mol. The number of aryl methyl sites for hydroxylation is 1. The third-order valence-electron chi connectivity index (χ3n) is 4.22. The van der Waals surface area contributed by atoms with Gasteiger partial charge in [0.1, 0.15) is 17.6 Å². The Kier molecular flexibility index (Phi) is 6.15. The standard InChI is InChI=1S/C18H17ClF2N4O3S/c1-11-22-23-17(25(11)2)16(12-6-4-3-5-7-12)24-29(26,27)13-8-9-15(14(19)10-13)28-18(20)21/h3-10,16,18,24H,1-2H3/t16-/m1/s1. The number of ether oxygens (including phenoxy) is 1. The summed E-state index contributed by atoms with van der Waals surface area (Å²) in [4.78, 5) is -0.205. The Hall–Kier alpha value is -2.56. The summed E-state index contributed by atoms with van der Waals surface area (Å²) < 4.78 is 59.3. The Bertz CT molecular complexity index is 1110. The third-order valence-corrected chi connectivity index (χ3v) is 5.94. The quantitative estimate of drug-likeness (QED) is 0.605. The summed E-state index contributed by atoms with van der Waals surface area (Å²) in [5, 5.41) is 7.83. The van der Waals surface area contributed by atoms with E-state index in [4.69, 9.17) is 11.6 Å². The van der Waals surface area contributed by atoms with Crippen LogP contribution in [0.3, 0.4) is 0 Å². The highest BCUT2D eigenvalue weighted by Gasteiger charge is 2.27. The van der Waals surface area contributed by atoms with Crippen molar-refractivity contribution < 1.29 is 21.9 Å². The average molecular weight is 443 g/mol. The van der Waals surface area contributed by atoms with Crippen molar-refractivity contribution in [2.75, 3.05) is 0 Å². The molecule has 0 aliphatic rings.